The molecule has 1 aromatic carbocycles. The summed E-state index contributed by atoms with van der Waals surface area (Å²) in [5.74, 6) is 0.167. The van der Waals surface area contributed by atoms with Gasteiger partial charge in [0.2, 0.25) is 11.8 Å². The highest BCUT2D eigenvalue weighted by molar-refractivity contribution is 6.06. The summed E-state index contributed by atoms with van der Waals surface area (Å²) in [6.07, 6.45) is 4.00. The first-order valence-corrected chi connectivity index (χ1v) is 8.56. The highest BCUT2D eigenvalue weighted by Gasteiger charge is 2.25. The molecule has 1 fully saturated rings. The lowest BCUT2D eigenvalue weighted by atomic mass is 9.86. The van der Waals surface area contributed by atoms with E-state index in [0.717, 1.165) is 42.6 Å². The summed E-state index contributed by atoms with van der Waals surface area (Å²) < 4.78 is 0. The van der Waals surface area contributed by atoms with Gasteiger partial charge in [-0.3, -0.25) is 9.59 Å². The van der Waals surface area contributed by atoms with Crippen molar-refractivity contribution in [2.75, 3.05) is 5.32 Å². The van der Waals surface area contributed by atoms with E-state index < -0.39 is 0 Å². The van der Waals surface area contributed by atoms with Gasteiger partial charge in [-0.05, 0) is 43.4 Å². The standard InChI is InChI=1S/C18H24N4O2/c1-11-10-16(23)21-22-17(11)12-4-8-15(9-5-12)20-18(24)13-2-6-14(19)7-3-13/h4-5,8-9,11,13-14H,2-3,6-7,10,19H2,1H3,(H,20,24)(H,21,23). The van der Waals surface area contributed by atoms with Gasteiger partial charge in [0.05, 0.1) is 5.71 Å². The number of anilines is 1. The van der Waals surface area contributed by atoms with Crippen molar-refractivity contribution in [3.63, 3.8) is 0 Å². The molecular formula is C18H24N4O2. The molecule has 0 bridgehead atoms. The van der Waals surface area contributed by atoms with Crippen molar-refractivity contribution >= 4 is 23.2 Å². The van der Waals surface area contributed by atoms with Crippen LogP contribution < -0.4 is 16.5 Å². The fourth-order valence-corrected chi connectivity index (χ4v) is 3.35. The molecule has 0 saturated heterocycles. The van der Waals surface area contributed by atoms with Crippen LogP contribution in [0.2, 0.25) is 0 Å². The van der Waals surface area contributed by atoms with Crippen molar-refractivity contribution < 1.29 is 9.59 Å². The molecule has 2 amide bonds. The summed E-state index contributed by atoms with van der Waals surface area (Å²) in [5, 5.41) is 7.14. The molecule has 128 valence electrons. The fourth-order valence-electron chi connectivity index (χ4n) is 3.35. The third kappa shape index (κ3) is 3.82. The van der Waals surface area contributed by atoms with Crippen LogP contribution in [0.5, 0.6) is 0 Å². The molecule has 6 heteroatoms. The number of rotatable bonds is 3. The molecule has 1 heterocycles. The lowest BCUT2D eigenvalue weighted by molar-refractivity contribution is -0.122. The molecule has 1 aromatic rings. The Kier molecular flexibility index (Phi) is 4.94. The van der Waals surface area contributed by atoms with E-state index in [1.165, 1.54) is 0 Å². The van der Waals surface area contributed by atoms with Gasteiger partial charge in [-0.25, -0.2) is 5.43 Å². The molecule has 0 spiro atoms. The van der Waals surface area contributed by atoms with E-state index in [2.05, 4.69) is 15.8 Å². The van der Waals surface area contributed by atoms with Crippen LogP contribution in [0.25, 0.3) is 0 Å². The Balaban J connectivity index is 1.62. The third-order valence-electron chi connectivity index (χ3n) is 4.85. The zero-order chi connectivity index (χ0) is 17.1. The van der Waals surface area contributed by atoms with Gasteiger partial charge in [-0.2, -0.15) is 5.10 Å². The van der Waals surface area contributed by atoms with E-state index >= 15 is 0 Å². The smallest absolute Gasteiger partial charge is 0.240 e. The number of hydrogen-bond acceptors (Lipinski definition) is 4. The van der Waals surface area contributed by atoms with Crippen LogP contribution in [-0.2, 0) is 9.59 Å². The van der Waals surface area contributed by atoms with Crippen molar-refractivity contribution in [2.24, 2.45) is 22.7 Å². The minimum absolute atomic E-state index is 0.0534. The second kappa shape index (κ2) is 7.13. The van der Waals surface area contributed by atoms with E-state index in [4.69, 9.17) is 5.73 Å². The molecule has 0 aromatic heterocycles. The summed E-state index contributed by atoms with van der Waals surface area (Å²) in [6, 6.07) is 7.87. The van der Waals surface area contributed by atoms with E-state index in [9.17, 15) is 9.59 Å². The minimum Gasteiger partial charge on any atom is -0.328 e. The van der Waals surface area contributed by atoms with Crippen LogP contribution in [-0.4, -0.2) is 23.6 Å². The predicted molar refractivity (Wildman–Crippen MR) is 93.5 cm³/mol. The molecule has 1 aliphatic heterocycles. The molecular weight excluding hydrogens is 304 g/mol. The van der Waals surface area contributed by atoms with E-state index in [-0.39, 0.29) is 29.7 Å². The van der Waals surface area contributed by atoms with E-state index in [1.54, 1.807) is 0 Å². The summed E-state index contributed by atoms with van der Waals surface area (Å²) in [6.45, 7) is 1.99. The van der Waals surface area contributed by atoms with Crippen LogP contribution in [0.1, 0.15) is 44.6 Å². The Morgan fingerprint density at radius 2 is 1.88 bits per heavy atom. The summed E-state index contributed by atoms with van der Waals surface area (Å²) in [5.41, 5.74) is 11.0. The summed E-state index contributed by atoms with van der Waals surface area (Å²) in [4.78, 5) is 23.6. The van der Waals surface area contributed by atoms with Crippen LogP contribution in [0.15, 0.2) is 29.4 Å². The van der Waals surface area contributed by atoms with Crippen molar-refractivity contribution in [3.8, 4) is 0 Å². The SMILES string of the molecule is CC1CC(=O)NN=C1c1ccc(NC(=O)C2CCC(N)CC2)cc1. The zero-order valence-electron chi connectivity index (χ0n) is 13.9. The first-order valence-electron chi connectivity index (χ1n) is 8.56. The number of amides is 2. The van der Waals surface area contributed by atoms with E-state index in [0.29, 0.717) is 6.42 Å². The molecule has 6 nitrogen and oxygen atoms in total. The Hall–Kier alpha value is -2.21. The third-order valence-corrected chi connectivity index (χ3v) is 4.85. The highest BCUT2D eigenvalue weighted by Crippen LogP contribution is 2.25. The number of nitrogens with zero attached hydrogens (tertiary/aromatic N) is 1. The first kappa shape index (κ1) is 16.6. The number of hydrogen-bond donors (Lipinski definition) is 3. The Morgan fingerprint density at radius 1 is 1.21 bits per heavy atom. The maximum atomic E-state index is 12.3. The van der Waals surface area contributed by atoms with Gasteiger partial charge in [0.25, 0.3) is 0 Å². The van der Waals surface area contributed by atoms with Crippen molar-refractivity contribution in [3.05, 3.63) is 29.8 Å². The number of carbonyl (C=O) groups is 2. The normalized spacial score (nSPS) is 27.2. The molecule has 1 aliphatic carbocycles. The largest absolute Gasteiger partial charge is 0.328 e. The van der Waals surface area contributed by atoms with Crippen LogP contribution in [0.3, 0.4) is 0 Å². The maximum absolute atomic E-state index is 12.3. The van der Waals surface area contributed by atoms with Gasteiger partial charge in [0.1, 0.15) is 0 Å². The lowest BCUT2D eigenvalue weighted by Gasteiger charge is -2.25. The Bertz CT molecular complexity index is 645. The first-order chi connectivity index (χ1) is 11.5. The number of benzene rings is 1. The molecule has 2 aliphatic rings. The van der Waals surface area contributed by atoms with Crippen LogP contribution >= 0.6 is 0 Å². The Labute approximate surface area is 141 Å². The topological polar surface area (TPSA) is 96.6 Å². The molecule has 1 atom stereocenters. The number of nitrogens with two attached hydrogens (primary N) is 1. The minimum atomic E-state index is -0.0534. The summed E-state index contributed by atoms with van der Waals surface area (Å²) >= 11 is 0. The second-order valence-corrected chi connectivity index (χ2v) is 6.82. The summed E-state index contributed by atoms with van der Waals surface area (Å²) in [7, 11) is 0. The van der Waals surface area contributed by atoms with Crippen LogP contribution in [0.4, 0.5) is 5.69 Å². The maximum Gasteiger partial charge on any atom is 0.240 e. The van der Waals surface area contributed by atoms with Gasteiger partial charge in [-0.1, -0.05) is 19.1 Å². The monoisotopic (exact) mass is 328 g/mol. The van der Waals surface area contributed by atoms with Gasteiger partial charge < -0.3 is 11.1 Å². The number of nitrogens with one attached hydrogen (secondary N) is 2. The second-order valence-electron chi connectivity index (χ2n) is 6.82. The highest BCUT2D eigenvalue weighted by atomic mass is 16.2. The molecule has 1 saturated carbocycles. The van der Waals surface area contributed by atoms with Gasteiger partial charge >= 0.3 is 0 Å². The van der Waals surface area contributed by atoms with Crippen molar-refractivity contribution in [1.29, 1.82) is 0 Å². The average Bonchev–Trinajstić information content (AvgIpc) is 2.56. The van der Waals surface area contributed by atoms with Gasteiger partial charge in [0, 0.05) is 30.0 Å². The average molecular weight is 328 g/mol. The van der Waals surface area contributed by atoms with Gasteiger partial charge in [-0.15, -0.1) is 0 Å². The van der Waals surface area contributed by atoms with Crippen molar-refractivity contribution in [2.45, 2.75) is 45.1 Å². The van der Waals surface area contributed by atoms with E-state index in [1.807, 2.05) is 31.2 Å². The molecule has 0 radical (unpaired) electrons. The molecule has 3 rings (SSSR count). The zero-order valence-corrected chi connectivity index (χ0v) is 13.9. The predicted octanol–water partition coefficient (Wildman–Crippen LogP) is 2.00. The van der Waals surface area contributed by atoms with Crippen LogP contribution in [0, 0.1) is 11.8 Å². The van der Waals surface area contributed by atoms with Crippen molar-refractivity contribution in [1.82, 2.24) is 5.43 Å². The number of hydrazone groups is 1. The molecule has 4 N–H and O–H groups in total. The Morgan fingerprint density at radius 3 is 2.50 bits per heavy atom. The van der Waals surface area contributed by atoms with Gasteiger partial charge in [0.15, 0.2) is 0 Å². The number of carbonyl (C=O) groups excluding carboxylic acids is 2. The fraction of sp³-hybridized carbons (Fsp3) is 0.500. The lowest BCUT2D eigenvalue weighted by Crippen LogP contribution is -2.32. The molecule has 1 unspecified atom stereocenters. The quantitative estimate of drug-likeness (QED) is 0.792. The molecule has 24 heavy (non-hydrogen) atoms.